The van der Waals surface area contributed by atoms with Gasteiger partial charge in [0.25, 0.3) is 0 Å². The molecule has 1 aromatic rings. The lowest BCUT2D eigenvalue weighted by atomic mass is 10.1. The Hall–Kier alpha value is -2.06. The molecule has 2 fully saturated rings. The quantitative estimate of drug-likeness (QED) is 0.618. The maximum Gasteiger partial charge on any atom is 0.232 e. The molecule has 3 rings (SSSR count). The van der Waals surface area contributed by atoms with Crippen molar-refractivity contribution in [2.75, 3.05) is 64.0 Å². The van der Waals surface area contributed by atoms with Crippen molar-refractivity contribution >= 4 is 29.5 Å². The molecule has 2 saturated heterocycles. The number of amides is 3. The molecule has 164 valence electrons. The van der Waals surface area contributed by atoms with E-state index in [1.54, 1.807) is 9.80 Å². The summed E-state index contributed by atoms with van der Waals surface area (Å²) in [6.45, 7) is 4.77. The van der Waals surface area contributed by atoms with Gasteiger partial charge in [-0.05, 0) is 18.4 Å². The second kappa shape index (κ2) is 12.0. The number of carbonyl (C=O) groups excluding carboxylic acids is 3. The van der Waals surface area contributed by atoms with Crippen molar-refractivity contribution in [1.82, 2.24) is 14.7 Å². The number of nitrogens with zero attached hydrogens (tertiary/aromatic N) is 3. The third-order valence-electron chi connectivity index (χ3n) is 5.50. The molecule has 2 aliphatic heterocycles. The lowest BCUT2D eigenvalue weighted by Crippen LogP contribution is -2.51. The highest BCUT2D eigenvalue weighted by atomic mass is 32.2. The molecule has 8 heteroatoms. The minimum absolute atomic E-state index is 0.0472. The average Bonchev–Trinajstić information content (AvgIpc) is 2.80. The van der Waals surface area contributed by atoms with Crippen LogP contribution in [0.25, 0.3) is 0 Å². The first-order valence-corrected chi connectivity index (χ1v) is 11.8. The van der Waals surface area contributed by atoms with E-state index in [1.807, 2.05) is 23.1 Å². The van der Waals surface area contributed by atoms with Crippen molar-refractivity contribution in [3.63, 3.8) is 0 Å². The Kier molecular flexibility index (Phi) is 9.01. The fourth-order valence-electron chi connectivity index (χ4n) is 3.67. The molecule has 30 heavy (non-hydrogen) atoms. The molecular formula is C22H31N3O4S. The number of aryl methyl sites for hydroxylation is 1. The van der Waals surface area contributed by atoms with E-state index in [0.29, 0.717) is 70.4 Å². The van der Waals surface area contributed by atoms with E-state index in [0.717, 1.165) is 12.8 Å². The lowest BCUT2D eigenvalue weighted by Gasteiger charge is -2.35. The first kappa shape index (κ1) is 22.6. The summed E-state index contributed by atoms with van der Waals surface area (Å²) in [5, 5.41) is 0. The summed E-state index contributed by atoms with van der Waals surface area (Å²) >= 11 is 1.37. The van der Waals surface area contributed by atoms with Gasteiger partial charge in [0.2, 0.25) is 17.7 Å². The van der Waals surface area contributed by atoms with Crippen LogP contribution in [0.2, 0.25) is 0 Å². The van der Waals surface area contributed by atoms with Crippen molar-refractivity contribution in [2.24, 2.45) is 0 Å². The molecule has 0 spiro atoms. The van der Waals surface area contributed by atoms with Crippen LogP contribution in [0, 0.1) is 0 Å². The summed E-state index contributed by atoms with van der Waals surface area (Å²) in [5.74, 6) is 0.920. The first-order valence-electron chi connectivity index (χ1n) is 10.7. The third-order valence-corrected chi connectivity index (χ3v) is 6.40. The predicted octanol–water partition coefficient (Wildman–Crippen LogP) is 1.27. The fourth-order valence-corrected chi connectivity index (χ4v) is 4.49. The number of rotatable bonds is 8. The van der Waals surface area contributed by atoms with Crippen molar-refractivity contribution in [3.8, 4) is 0 Å². The topological polar surface area (TPSA) is 70.2 Å². The number of benzene rings is 1. The average molecular weight is 434 g/mol. The number of ether oxygens (including phenoxy) is 1. The normalized spacial score (nSPS) is 17.1. The zero-order chi connectivity index (χ0) is 21.2. The van der Waals surface area contributed by atoms with E-state index in [-0.39, 0.29) is 17.7 Å². The largest absolute Gasteiger partial charge is 0.378 e. The highest BCUT2D eigenvalue weighted by Crippen LogP contribution is 2.11. The van der Waals surface area contributed by atoms with Gasteiger partial charge in [0.1, 0.15) is 0 Å². The summed E-state index contributed by atoms with van der Waals surface area (Å²) in [4.78, 5) is 42.4. The lowest BCUT2D eigenvalue weighted by molar-refractivity contribution is -0.138. The molecule has 0 unspecified atom stereocenters. The molecule has 3 amide bonds. The molecule has 0 aliphatic carbocycles. The Balaban J connectivity index is 1.29. The molecule has 7 nitrogen and oxygen atoms in total. The van der Waals surface area contributed by atoms with Gasteiger partial charge in [0, 0.05) is 45.7 Å². The standard InChI is InChI=1S/C22H31N3O4S/c26-20(8-4-7-19-5-2-1-3-6-19)23-9-11-24(12-10-23)21(27)17-30-18-22(28)25-13-15-29-16-14-25/h1-3,5-6H,4,7-18H2. The first-order chi connectivity index (χ1) is 14.6. The molecule has 0 radical (unpaired) electrons. The van der Waals surface area contributed by atoms with Gasteiger partial charge in [-0.1, -0.05) is 30.3 Å². The number of morpholine rings is 1. The summed E-state index contributed by atoms with van der Waals surface area (Å²) in [6, 6.07) is 10.2. The summed E-state index contributed by atoms with van der Waals surface area (Å²) in [7, 11) is 0. The molecule has 2 aliphatic rings. The van der Waals surface area contributed by atoms with Crippen LogP contribution in [0.1, 0.15) is 18.4 Å². The Bertz CT molecular complexity index is 702. The molecule has 2 heterocycles. The Labute approximate surface area is 182 Å². The van der Waals surface area contributed by atoms with Crippen LogP contribution in [0.4, 0.5) is 0 Å². The van der Waals surface area contributed by atoms with Gasteiger partial charge >= 0.3 is 0 Å². The highest BCUT2D eigenvalue weighted by molar-refractivity contribution is 8.00. The number of piperazine rings is 1. The predicted molar refractivity (Wildman–Crippen MR) is 117 cm³/mol. The Morgan fingerprint density at radius 1 is 0.767 bits per heavy atom. The van der Waals surface area contributed by atoms with Gasteiger partial charge in [-0.2, -0.15) is 0 Å². The van der Waals surface area contributed by atoms with Gasteiger partial charge in [0.15, 0.2) is 0 Å². The SMILES string of the molecule is O=C(CCCc1ccccc1)N1CCN(C(=O)CSCC(=O)N2CCOCC2)CC1. The van der Waals surface area contributed by atoms with Crippen LogP contribution < -0.4 is 0 Å². The maximum atomic E-state index is 12.4. The Morgan fingerprint density at radius 3 is 1.90 bits per heavy atom. The van der Waals surface area contributed by atoms with Crippen LogP contribution in [0.5, 0.6) is 0 Å². The second-order valence-electron chi connectivity index (χ2n) is 7.59. The number of carbonyl (C=O) groups is 3. The minimum atomic E-state index is 0.0472. The monoisotopic (exact) mass is 433 g/mol. The van der Waals surface area contributed by atoms with Crippen molar-refractivity contribution in [3.05, 3.63) is 35.9 Å². The molecular weight excluding hydrogens is 402 g/mol. The van der Waals surface area contributed by atoms with E-state index in [9.17, 15) is 14.4 Å². The van der Waals surface area contributed by atoms with Crippen LogP contribution >= 0.6 is 11.8 Å². The van der Waals surface area contributed by atoms with E-state index in [2.05, 4.69) is 12.1 Å². The zero-order valence-electron chi connectivity index (χ0n) is 17.5. The van der Waals surface area contributed by atoms with Crippen LogP contribution in [-0.2, 0) is 25.5 Å². The van der Waals surface area contributed by atoms with Gasteiger partial charge < -0.3 is 19.4 Å². The summed E-state index contributed by atoms with van der Waals surface area (Å²) < 4.78 is 5.25. The smallest absolute Gasteiger partial charge is 0.232 e. The van der Waals surface area contributed by atoms with Gasteiger partial charge in [-0.25, -0.2) is 0 Å². The van der Waals surface area contributed by atoms with Crippen LogP contribution in [0.15, 0.2) is 30.3 Å². The summed E-state index contributed by atoms with van der Waals surface area (Å²) in [6.07, 6.45) is 2.30. The van der Waals surface area contributed by atoms with Gasteiger partial charge in [-0.3, -0.25) is 14.4 Å². The molecule has 0 N–H and O–H groups in total. The van der Waals surface area contributed by atoms with E-state index >= 15 is 0 Å². The fraction of sp³-hybridized carbons (Fsp3) is 0.591. The van der Waals surface area contributed by atoms with E-state index in [4.69, 9.17) is 4.74 Å². The van der Waals surface area contributed by atoms with Gasteiger partial charge in [-0.15, -0.1) is 11.8 Å². The van der Waals surface area contributed by atoms with E-state index < -0.39 is 0 Å². The minimum Gasteiger partial charge on any atom is -0.378 e. The number of hydrogen-bond acceptors (Lipinski definition) is 5. The van der Waals surface area contributed by atoms with E-state index in [1.165, 1.54) is 17.3 Å². The van der Waals surface area contributed by atoms with Crippen LogP contribution in [0.3, 0.4) is 0 Å². The van der Waals surface area contributed by atoms with Gasteiger partial charge in [0.05, 0.1) is 24.7 Å². The third kappa shape index (κ3) is 7.02. The molecule has 0 atom stereocenters. The highest BCUT2D eigenvalue weighted by Gasteiger charge is 2.24. The molecule has 1 aromatic carbocycles. The molecule has 0 bridgehead atoms. The maximum absolute atomic E-state index is 12.4. The van der Waals surface area contributed by atoms with Crippen molar-refractivity contribution in [2.45, 2.75) is 19.3 Å². The molecule has 0 saturated carbocycles. The van der Waals surface area contributed by atoms with Crippen LogP contribution in [-0.4, -0.2) is 96.4 Å². The molecule has 0 aromatic heterocycles. The second-order valence-corrected chi connectivity index (χ2v) is 8.57. The zero-order valence-corrected chi connectivity index (χ0v) is 18.3. The van der Waals surface area contributed by atoms with Crippen molar-refractivity contribution in [1.29, 1.82) is 0 Å². The number of hydrogen-bond donors (Lipinski definition) is 0. The number of thioether (sulfide) groups is 1. The Morgan fingerprint density at radius 2 is 1.30 bits per heavy atom. The van der Waals surface area contributed by atoms with Crippen molar-refractivity contribution < 1.29 is 19.1 Å². The summed E-state index contributed by atoms with van der Waals surface area (Å²) in [5.41, 5.74) is 1.25.